The molecular formula is C15H12N2. The van der Waals surface area contributed by atoms with E-state index in [9.17, 15) is 0 Å². The summed E-state index contributed by atoms with van der Waals surface area (Å²) in [6.45, 7) is 7.00. The molecular weight excluding hydrogens is 208 g/mol. The van der Waals surface area contributed by atoms with Crippen molar-refractivity contribution in [1.29, 1.82) is 0 Å². The molecule has 0 amide bonds. The van der Waals surface area contributed by atoms with E-state index in [4.69, 9.17) is 6.57 Å². The van der Waals surface area contributed by atoms with Gasteiger partial charge in [0.15, 0.2) is 0 Å². The van der Waals surface area contributed by atoms with E-state index >= 15 is 0 Å². The molecule has 0 N–H and O–H groups in total. The molecule has 2 rings (SSSR count). The normalized spacial score (nSPS) is 9.35. The van der Waals surface area contributed by atoms with Gasteiger partial charge in [0.05, 0.1) is 5.71 Å². The standard InChI is InChI=1S/C15H12N2/c1-16-12-17-15(13-8-4-2-5-9-13)14-10-6-3-7-11-14/h2-11H,12H2. The zero-order valence-corrected chi connectivity index (χ0v) is 9.38. The molecule has 2 aromatic carbocycles. The molecule has 0 atom stereocenters. The van der Waals surface area contributed by atoms with Gasteiger partial charge in [0.1, 0.15) is 0 Å². The molecule has 0 unspecified atom stereocenters. The van der Waals surface area contributed by atoms with Gasteiger partial charge in [0, 0.05) is 11.1 Å². The van der Waals surface area contributed by atoms with Crippen LogP contribution in [-0.4, -0.2) is 12.4 Å². The summed E-state index contributed by atoms with van der Waals surface area (Å²) in [6.07, 6.45) is 0. The molecule has 0 aliphatic rings. The maximum atomic E-state index is 6.84. The molecule has 2 nitrogen and oxygen atoms in total. The summed E-state index contributed by atoms with van der Waals surface area (Å²) in [7, 11) is 0. The van der Waals surface area contributed by atoms with E-state index in [1.165, 1.54) is 0 Å². The van der Waals surface area contributed by atoms with Gasteiger partial charge in [-0.1, -0.05) is 60.7 Å². The van der Waals surface area contributed by atoms with Crippen molar-refractivity contribution in [2.45, 2.75) is 0 Å². The Kier molecular flexibility index (Phi) is 3.67. The first kappa shape index (κ1) is 11.1. The molecule has 17 heavy (non-hydrogen) atoms. The van der Waals surface area contributed by atoms with Crippen LogP contribution in [0.4, 0.5) is 0 Å². The zero-order chi connectivity index (χ0) is 11.9. The Labute approximate surface area is 101 Å². The molecule has 0 aliphatic carbocycles. The second kappa shape index (κ2) is 5.62. The van der Waals surface area contributed by atoms with E-state index in [0.29, 0.717) is 0 Å². The Morgan fingerprint density at radius 3 is 1.76 bits per heavy atom. The third-order valence-corrected chi connectivity index (χ3v) is 2.39. The largest absolute Gasteiger partial charge is 0.306 e. The monoisotopic (exact) mass is 220 g/mol. The summed E-state index contributed by atoms with van der Waals surface area (Å²) < 4.78 is 0. The first-order chi connectivity index (χ1) is 8.42. The third-order valence-electron chi connectivity index (χ3n) is 2.39. The van der Waals surface area contributed by atoms with Crippen molar-refractivity contribution < 1.29 is 0 Å². The summed E-state index contributed by atoms with van der Waals surface area (Å²) in [4.78, 5) is 7.63. The minimum atomic E-state index is 0.166. The van der Waals surface area contributed by atoms with Crippen LogP contribution >= 0.6 is 0 Å². The Balaban J connectivity index is 2.44. The van der Waals surface area contributed by atoms with Crippen LogP contribution in [0.5, 0.6) is 0 Å². The lowest BCUT2D eigenvalue weighted by Crippen LogP contribution is -2.03. The van der Waals surface area contributed by atoms with Gasteiger partial charge in [0.2, 0.25) is 0 Å². The fourth-order valence-electron chi connectivity index (χ4n) is 1.65. The summed E-state index contributed by atoms with van der Waals surface area (Å²) in [6, 6.07) is 19.9. The van der Waals surface area contributed by atoms with Crippen molar-refractivity contribution in [3.63, 3.8) is 0 Å². The van der Waals surface area contributed by atoms with Crippen LogP contribution in [0.3, 0.4) is 0 Å². The van der Waals surface area contributed by atoms with Crippen molar-refractivity contribution >= 4 is 5.71 Å². The van der Waals surface area contributed by atoms with E-state index in [1.54, 1.807) is 0 Å². The zero-order valence-electron chi connectivity index (χ0n) is 9.38. The van der Waals surface area contributed by atoms with Gasteiger partial charge >= 0.3 is 6.67 Å². The van der Waals surface area contributed by atoms with Crippen molar-refractivity contribution in [3.8, 4) is 0 Å². The van der Waals surface area contributed by atoms with E-state index in [1.807, 2.05) is 60.7 Å². The van der Waals surface area contributed by atoms with E-state index in [0.717, 1.165) is 16.8 Å². The molecule has 0 bridgehead atoms. The predicted octanol–water partition coefficient (Wildman–Crippen LogP) is 3.40. The fraction of sp³-hybridized carbons (Fsp3) is 0.0667. The third kappa shape index (κ3) is 2.79. The van der Waals surface area contributed by atoms with Crippen LogP contribution in [0.1, 0.15) is 11.1 Å². The van der Waals surface area contributed by atoms with Crippen molar-refractivity contribution in [2.24, 2.45) is 4.99 Å². The van der Waals surface area contributed by atoms with Crippen LogP contribution in [0.2, 0.25) is 0 Å². The molecule has 0 saturated heterocycles. The number of hydrogen-bond donors (Lipinski definition) is 0. The lowest BCUT2D eigenvalue weighted by Gasteiger charge is -2.05. The van der Waals surface area contributed by atoms with E-state index in [2.05, 4.69) is 9.84 Å². The number of nitrogens with zero attached hydrogens (tertiary/aromatic N) is 2. The molecule has 0 saturated carbocycles. The van der Waals surface area contributed by atoms with Crippen LogP contribution in [0.25, 0.3) is 4.85 Å². The van der Waals surface area contributed by atoms with E-state index in [-0.39, 0.29) is 6.67 Å². The highest BCUT2D eigenvalue weighted by Gasteiger charge is 2.05. The van der Waals surface area contributed by atoms with Gasteiger partial charge in [-0.3, -0.25) is 4.85 Å². The second-order valence-electron chi connectivity index (χ2n) is 3.54. The quantitative estimate of drug-likeness (QED) is 0.557. The number of benzene rings is 2. The van der Waals surface area contributed by atoms with Gasteiger partial charge in [-0.25, -0.2) is 11.6 Å². The maximum absolute atomic E-state index is 6.84. The molecule has 0 aromatic heterocycles. The van der Waals surface area contributed by atoms with Crippen molar-refractivity contribution in [2.75, 3.05) is 6.67 Å². The maximum Gasteiger partial charge on any atom is 0.306 e. The highest BCUT2D eigenvalue weighted by molar-refractivity contribution is 6.12. The minimum Gasteiger partial charge on any atom is -0.291 e. The molecule has 2 heteroatoms. The minimum absolute atomic E-state index is 0.166. The van der Waals surface area contributed by atoms with Crippen LogP contribution in [-0.2, 0) is 0 Å². The second-order valence-corrected chi connectivity index (χ2v) is 3.54. The molecule has 0 fully saturated rings. The summed E-state index contributed by atoms with van der Waals surface area (Å²) in [5, 5.41) is 0. The van der Waals surface area contributed by atoms with Crippen LogP contribution in [0, 0.1) is 6.57 Å². The Hall–Kier alpha value is -2.40. The number of aliphatic imine (C=N–C) groups is 1. The van der Waals surface area contributed by atoms with Gasteiger partial charge in [-0.05, 0) is 0 Å². The molecule has 0 heterocycles. The first-order valence-electron chi connectivity index (χ1n) is 5.40. The molecule has 0 radical (unpaired) electrons. The van der Waals surface area contributed by atoms with Crippen molar-refractivity contribution in [1.82, 2.24) is 0 Å². The molecule has 0 aliphatic heterocycles. The van der Waals surface area contributed by atoms with Crippen LogP contribution < -0.4 is 0 Å². The van der Waals surface area contributed by atoms with Gasteiger partial charge in [-0.15, -0.1) is 0 Å². The number of rotatable bonds is 3. The first-order valence-corrected chi connectivity index (χ1v) is 5.40. The average Bonchev–Trinajstić information content (AvgIpc) is 2.42. The molecule has 82 valence electrons. The Morgan fingerprint density at radius 1 is 0.882 bits per heavy atom. The summed E-state index contributed by atoms with van der Waals surface area (Å²) >= 11 is 0. The fourth-order valence-corrected chi connectivity index (χ4v) is 1.65. The van der Waals surface area contributed by atoms with Gasteiger partial charge < -0.3 is 0 Å². The predicted molar refractivity (Wildman–Crippen MR) is 70.0 cm³/mol. The lowest BCUT2D eigenvalue weighted by atomic mass is 10.0. The van der Waals surface area contributed by atoms with Gasteiger partial charge in [0.25, 0.3) is 0 Å². The summed E-state index contributed by atoms with van der Waals surface area (Å²) in [5.41, 5.74) is 2.96. The SMILES string of the molecule is [C-]#[N+]CN=C(c1ccccc1)c1ccccc1. The summed E-state index contributed by atoms with van der Waals surface area (Å²) in [5.74, 6) is 0. The smallest absolute Gasteiger partial charge is 0.291 e. The Morgan fingerprint density at radius 2 is 1.35 bits per heavy atom. The van der Waals surface area contributed by atoms with Crippen LogP contribution in [0.15, 0.2) is 65.7 Å². The lowest BCUT2D eigenvalue weighted by molar-refractivity contribution is 1.23. The highest BCUT2D eigenvalue weighted by Crippen LogP contribution is 2.10. The van der Waals surface area contributed by atoms with E-state index < -0.39 is 0 Å². The highest BCUT2D eigenvalue weighted by atomic mass is 14.9. The Bertz CT molecular complexity index is 495. The van der Waals surface area contributed by atoms with Crippen molar-refractivity contribution in [3.05, 3.63) is 83.2 Å². The molecule has 0 spiro atoms. The molecule has 2 aromatic rings. The number of hydrogen-bond acceptors (Lipinski definition) is 1. The topological polar surface area (TPSA) is 16.7 Å². The van der Waals surface area contributed by atoms with Gasteiger partial charge in [-0.2, -0.15) is 0 Å². The average molecular weight is 220 g/mol.